The van der Waals surface area contributed by atoms with E-state index in [9.17, 15) is 9.18 Å². The molecule has 2 aromatic carbocycles. The molecule has 0 saturated heterocycles. The number of hydrogen-bond acceptors (Lipinski definition) is 5. The monoisotopic (exact) mass is 474 g/mol. The van der Waals surface area contributed by atoms with E-state index >= 15 is 0 Å². The number of amides is 1. The van der Waals surface area contributed by atoms with Crippen molar-refractivity contribution in [3.05, 3.63) is 88.1 Å². The summed E-state index contributed by atoms with van der Waals surface area (Å²) in [5.41, 5.74) is 5.57. The molecule has 0 fully saturated rings. The number of carbonyl (C=O) groups is 1. The van der Waals surface area contributed by atoms with Crippen LogP contribution in [0.5, 0.6) is 0 Å². The summed E-state index contributed by atoms with van der Waals surface area (Å²) >= 11 is 0. The van der Waals surface area contributed by atoms with Crippen molar-refractivity contribution in [2.24, 2.45) is 0 Å². The molecule has 4 aromatic rings. The van der Waals surface area contributed by atoms with Gasteiger partial charge in [0.2, 0.25) is 5.91 Å². The Bertz CT molecular complexity index is 1330. The highest BCUT2D eigenvalue weighted by Crippen LogP contribution is 2.25. The number of benzene rings is 2. The summed E-state index contributed by atoms with van der Waals surface area (Å²) in [6.45, 7) is 6.63. The number of nitrogens with zero attached hydrogens (tertiary/aromatic N) is 4. The number of carbonyl (C=O) groups excluding carboxylic acids is 1. The van der Waals surface area contributed by atoms with Gasteiger partial charge >= 0.3 is 0 Å². The second-order valence-electron chi connectivity index (χ2n) is 9.23. The molecule has 0 aliphatic heterocycles. The first-order valence-electron chi connectivity index (χ1n) is 11.7. The lowest BCUT2D eigenvalue weighted by atomic mass is 10.1. The van der Waals surface area contributed by atoms with Gasteiger partial charge < -0.3 is 14.3 Å². The first-order valence-corrected chi connectivity index (χ1v) is 11.7. The summed E-state index contributed by atoms with van der Waals surface area (Å²) in [6, 6.07) is 14.7. The second kappa shape index (κ2) is 10.3. The average Bonchev–Trinajstić information content (AvgIpc) is 3.14. The Morgan fingerprint density at radius 2 is 1.77 bits per heavy atom. The minimum absolute atomic E-state index is 0.0183. The summed E-state index contributed by atoms with van der Waals surface area (Å²) in [6.07, 6.45) is 0.827. The van der Waals surface area contributed by atoms with E-state index in [0.29, 0.717) is 25.3 Å². The third-order valence-electron chi connectivity index (χ3n) is 6.26. The number of rotatable bonds is 8. The normalized spacial score (nSPS) is 11.1. The maximum atomic E-state index is 13.5. The predicted molar refractivity (Wildman–Crippen MR) is 136 cm³/mol. The zero-order chi connectivity index (χ0) is 25.1. The molecule has 35 heavy (non-hydrogen) atoms. The van der Waals surface area contributed by atoms with Crippen LogP contribution in [0.2, 0.25) is 0 Å². The van der Waals surface area contributed by atoms with Gasteiger partial charge in [-0.3, -0.25) is 4.79 Å². The Morgan fingerprint density at radius 3 is 2.43 bits per heavy atom. The lowest BCUT2D eigenvalue weighted by molar-refractivity contribution is -0.131. The van der Waals surface area contributed by atoms with Crippen molar-refractivity contribution in [1.82, 2.24) is 15.0 Å². The number of aryl methyl sites for hydroxylation is 3. The summed E-state index contributed by atoms with van der Waals surface area (Å²) in [5.74, 6) is 1.20. The minimum atomic E-state index is -0.270. The summed E-state index contributed by atoms with van der Waals surface area (Å²) in [7, 11) is 3.92. The largest absolute Gasteiger partial charge is 0.362 e. The van der Waals surface area contributed by atoms with Gasteiger partial charge in [-0.1, -0.05) is 29.4 Å². The van der Waals surface area contributed by atoms with Crippen LogP contribution in [0.1, 0.15) is 33.7 Å². The Labute approximate surface area is 205 Å². The lowest BCUT2D eigenvalue weighted by Gasteiger charge is -2.26. The van der Waals surface area contributed by atoms with Gasteiger partial charge in [0, 0.05) is 43.7 Å². The number of fused-ring (bicyclic) bond motifs is 1. The Kier molecular flexibility index (Phi) is 7.15. The molecular weight excluding hydrogens is 443 g/mol. The van der Waals surface area contributed by atoms with Crippen molar-refractivity contribution in [1.29, 1.82) is 0 Å². The van der Waals surface area contributed by atoms with Crippen molar-refractivity contribution < 1.29 is 13.7 Å². The van der Waals surface area contributed by atoms with Crippen LogP contribution in [0.15, 0.2) is 53.1 Å². The van der Waals surface area contributed by atoms with Crippen molar-refractivity contribution in [2.45, 2.75) is 40.2 Å². The molecule has 7 heteroatoms. The first kappa shape index (κ1) is 24.4. The number of pyridine rings is 1. The zero-order valence-electron chi connectivity index (χ0n) is 20.9. The first-order chi connectivity index (χ1) is 16.7. The van der Waals surface area contributed by atoms with E-state index in [4.69, 9.17) is 9.51 Å². The van der Waals surface area contributed by atoms with E-state index in [1.807, 2.05) is 37.7 Å². The van der Waals surface area contributed by atoms with Crippen LogP contribution in [0.4, 0.5) is 10.2 Å². The fourth-order valence-corrected chi connectivity index (χ4v) is 4.24. The molecule has 2 aromatic heterocycles. The second-order valence-corrected chi connectivity index (χ2v) is 9.23. The number of aromatic nitrogens is 2. The van der Waals surface area contributed by atoms with E-state index in [2.05, 4.69) is 36.3 Å². The maximum absolute atomic E-state index is 13.5. The van der Waals surface area contributed by atoms with Crippen molar-refractivity contribution in [2.75, 3.05) is 25.5 Å². The van der Waals surface area contributed by atoms with Gasteiger partial charge in [0.15, 0.2) is 0 Å². The molecule has 182 valence electrons. The molecule has 2 heterocycles. The average molecular weight is 475 g/mol. The van der Waals surface area contributed by atoms with Gasteiger partial charge in [0.05, 0.1) is 17.6 Å². The van der Waals surface area contributed by atoms with Crippen molar-refractivity contribution >= 4 is 22.6 Å². The Balaban J connectivity index is 1.66. The molecule has 1 amide bonds. The zero-order valence-corrected chi connectivity index (χ0v) is 20.9. The Morgan fingerprint density at radius 1 is 1.03 bits per heavy atom. The highest BCUT2D eigenvalue weighted by Gasteiger charge is 2.21. The topological polar surface area (TPSA) is 62.5 Å². The van der Waals surface area contributed by atoms with E-state index < -0.39 is 0 Å². The van der Waals surface area contributed by atoms with Gasteiger partial charge in [0.1, 0.15) is 17.4 Å². The highest BCUT2D eigenvalue weighted by molar-refractivity contribution is 5.83. The van der Waals surface area contributed by atoms with Gasteiger partial charge in [-0.25, -0.2) is 9.37 Å². The highest BCUT2D eigenvalue weighted by atomic mass is 19.1. The van der Waals surface area contributed by atoms with Gasteiger partial charge in [-0.05, 0) is 62.6 Å². The quantitative estimate of drug-likeness (QED) is 0.353. The Hall–Kier alpha value is -3.74. The van der Waals surface area contributed by atoms with Crippen molar-refractivity contribution in [3.8, 4) is 0 Å². The van der Waals surface area contributed by atoms with Gasteiger partial charge in [-0.15, -0.1) is 0 Å². The van der Waals surface area contributed by atoms with Crippen LogP contribution in [-0.4, -0.2) is 41.6 Å². The number of hydrogen-bond donors (Lipinski definition) is 0. The summed E-state index contributed by atoms with van der Waals surface area (Å²) in [5, 5.41) is 5.03. The molecule has 0 unspecified atom stereocenters. The fourth-order valence-electron chi connectivity index (χ4n) is 4.24. The minimum Gasteiger partial charge on any atom is -0.362 e. The molecule has 0 aliphatic carbocycles. The molecule has 0 saturated carbocycles. The molecule has 0 N–H and O–H groups in total. The van der Waals surface area contributed by atoms with Crippen molar-refractivity contribution in [3.63, 3.8) is 0 Å². The van der Waals surface area contributed by atoms with Crippen LogP contribution >= 0.6 is 0 Å². The fraction of sp³-hybridized carbons (Fsp3) is 0.321. The lowest BCUT2D eigenvalue weighted by Crippen LogP contribution is -2.34. The van der Waals surface area contributed by atoms with E-state index in [-0.39, 0.29) is 18.1 Å². The van der Waals surface area contributed by atoms with Crippen LogP contribution in [0.25, 0.3) is 10.9 Å². The molecule has 0 radical (unpaired) electrons. The third kappa shape index (κ3) is 5.67. The van der Waals surface area contributed by atoms with Gasteiger partial charge in [-0.2, -0.15) is 0 Å². The number of anilines is 1. The molecule has 0 spiro atoms. The van der Waals surface area contributed by atoms with Crippen LogP contribution in [-0.2, 0) is 24.2 Å². The van der Waals surface area contributed by atoms with E-state index in [0.717, 1.165) is 44.7 Å². The van der Waals surface area contributed by atoms with Gasteiger partial charge in [0.25, 0.3) is 0 Å². The van der Waals surface area contributed by atoms with E-state index in [1.165, 1.54) is 12.1 Å². The smallest absolute Gasteiger partial charge is 0.227 e. The summed E-state index contributed by atoms with van der Waals surface area (Å²) < 4.78 is 18.6. The van der Waals surface area contributed by atoms with Crippen LogP contribution in [0, 0.1) is 26.6 Å². The molecule has 0 aliphatic rings. The number of halogens is 1. The molecule has 0 bridgehead atoms. The predicted octanol–water partition coefficient (Wildman–Crippen LogP) is 5.17. The van der Waals surface area contributed by atoms with E-state index in [1.54, 1.807) is 12.1 Å². The summed E-state index contributed by atoms with van der Waals surface area (Å²) in [4.78, 5) is 22.3. The molecule has 0 atom stereocenters. The van der Waals surface area contributed by atoms with Crippen LogP contribution < -0.4 is 4.90 Å². The van der Waals surface area contributed by atoms with Crippen LogP contribution in [0.3, 0.4) is 0 Å². The molecular formula is C28H31FN4O2. The molecule has 6 nitrogen and oxygen atoms in total. The third-order valence-corrected chi connectivity index (χ3v) is 6.26. The standard InChI is InChI=1S/C28H31FN4O2/c1-18-6-9-22-15-23(28(32(4)5)30-26(22)14-18)17-33(13-12-21-7-10-24(29)11-8-21)27(34)16-25-19(2)31-35-20(25)3/h6-11,14-15H,12-13,16-17H2,1-5H3. The SMILES string of the molecule is Cc1ccc2cc(CN(CCc3ccc(F)cc3)C(=O)Cc3c(C)noc3C)c(N(C)C)nc2c1. The maximum Gasteiger partial charge on any atom is 0.227 e. The molecule has 4 rings (SSSR count).